The molecule has 4 rings (SSSR count). The number of hydrogen-bond acceptors (Lipinski definition) is 7. The van der Waals surface area contributed by atoms with E-state index in [1.165, 1.54) is 0 Å². The number of anilines is 3. The molecule has 1 atom stereocenters. The summed E-state index contributed by atoms with van der Waals surface area (Å²) >= 11 is 0. The van der Waals surface area contributed by atoms with E-state index >= 15 is 0 Å². The Morgan fingerprint density at radius 1 is 0.929 bits per heavy atom. The number of aryl methyl sites for hydroxylation is 3. The Balaban J connectivity index is 1.52. The van der Waals surface area contributed by atoms with E-state index in [0.717, 1.165) is 46.9 Å². The van der Waals surface area contributed by atoms with Gasteiger partial charge in [-0.25, -0.2) is 19.9 Å². The van der Waals surface area contributed by atoms with Crippen LogP contribution < -0.4 is 10.2 Å². The van der Waals surface area contributed by atoms with Gasteiger partial charge in [0.25, 0.3) is 0 Å². The maximum atomic E-state index is 6.01. The molecule has 0 amide bonds. The predicted molar refractivity (Wildman–Crippen MR) is 109 cm³/mol. The molecule has 7 heteroatoms. The number of rotatable bonds is 4. The van der Waals surface area contributed by atoms with Crippen molar-refractivity contribution < 1.29 is 4.74 Å². The zero-order chi connectivity index (χ0) is 19.5. The Morgan fingerprint density at radius 3 is 2.50 bits per heavy atom. The number of nitrogens with zero attached hydrogens (tertiary/aromatic N) is 5. The summed E-state index contributed by atoms with van der Waals surface area (Å²) in [6.07, 6.45) is -0.114. The zero-order valence-corrected chi connectivity index (χ0v) is 16.4. The van der Waals surface area contributed by atoms with Crippen LogP contribution in [0.15, 0.2) is 42.5 Å². The third-order valence-electron chi connectivity index (χ3n) is 4.59. The molecule has 1 fully saturated rings. The molecule has 4 heterocycles. The van der Waals surface area contributed by atoms with Crippen LogP contribution in [0.25, 0.3) is 0 Å². The Kier molecular flexibility index (Phi) is 5.16. The van der Waals surface area contributed by atoms with Crippen molar-refractivity contribution in [2.45, 2.75) is 26.9 Å². The van der Waals surface area contributed by atoms with Crippen molar-refractivity contribution >= 4 is 17.5 Å². The summed E-state index contributed by atoms with van der Waals surface area (Å²) in [7, 11) is 0. The second kappa shape index (κ2) is 7.90. The fraction of sp³-hybridized carbons (Fsp3) is 0.333. The van der Waals surface area contributed by atoms with Gasteiger partial charge in [0.1, 0.15) is 29.4 Å². The molecule has 28 heavy (non-hydrogen) atoms. The number of morpholine rings is 1. The van der Waals surface area contributed by atoms with Gasteiger partial charge in [0.15, 0.2) is 0 Å². The van der Waals surface area contributed by atoms with E-state index in [2.05, 4.69) is 25.2 Å². The summed E-state index contributed by atoms with van der Waals surface area (Å²) in [5.74, 6) is 3.26. The van der Waals surface area contributed by atoms with Gasteiger partial charge in [0, 0.05) is 24.0 Å². The van der Waals surface area contributed by atoms with Crippen LogP contribution in [0.1, 0.15) is 29.0 Å². The first kappa shape index (κ1) is 18.3. The van der Waals surface area contributed by atoms with Gasteiger partial charge in [0.05, 0.1) is 18.8 Å². The van der Waals surface area contributed by atoms with Crippen molar-refractivity contribution in [1.82, 2.24) is 19.9 Å². The van der Waals surface area contributed by atoms with Crippen molar-refractivity contribution in [3.8, 4) is 0 Å². The molecular weight excluding hydrogens is 352 g/mol. The molecule has 3 aromatic rings. The quantitative estimate of drug-likeness (QED) is 0.747. The van der Waals surface area contributed by atoms with E-state index in [0.29, 0.717) is 13.2 Å². The van der Waals surface area contributed by atoms with E-state index in [1.54, 1.807) is 0 Å². The van der Waals surface area contributed by atoms with Crippen LogP contribution in [0.3, 0.4) is 0 Å². The van der Waals surface area contributed by atoms with E-state index in [-0.39, 0.29) is 6.10 Å². The second-order valence-corrected chi connectivity index (χ2v) is 6.96. The molecule has 0 aromatic carbocycles. The van der Waals surface area contributed by atoms with Crippen molar-refractivity contribution in [2.24, 2.45) is 0 Å². The fourth-order valence-electron chi connectivity index (χ4n) is 3.34. The van der Waals surface area contributed by atoms with Gasteiger partial charge >= 0.3 is 0 Å². The first-order chi connectivity index (χ1) is 13.6. The first-order valence-corrected chi connectivity index (χ1v) is 9.43. The van der Waals surface area contributed by atoms with Gasteiger partial charge in [0.2, 0.25) is 0 Å². The molecule has 3 aromatic heterocycles. The molecule has 0 aliphatic carbocycles. The van der Waals surface area contributed by atoms with Crippen LogP contribution in [-0.4, -0.2) is 39.6 Å². The largest absolute Gasteiger partial charge is 0.368 e. The molecule has 0 radical (unpaired) electrons. The molecule has 144 valence electrons. The normalized spacial score (nSPS) is 16.8. The van der Waals surface area contributed by atoms with Crippen molar-refractivity contribution in [3.05, 3.63) is 65.4 Å². The number of hydrogen-bond donors (Lipinski definition) is 1. The van der Waals surface area contributed by atoms with E-state index in [4.69, 9.17) is 9.72 Å². The van der Waals surface area contributed by atoms with Crippen molar-refractivity contribution in [2.75, 3.05) is 29.9 Å². The topological polar surface area (TPSA) is 76.1 Å². The first-order valence-electron chi connectivity index (χ1n) is 9.43. The summed E-state index contributed by atoms with van der Waals surface area (Å²) < 4.78 is 6.01. The Labute approximate surface area is 164 Å². The lowest BCUT2D eigenvalue weighted by Gasteiger charge is -2.33. The minimum Gasteiger partial charge on any atom is -0.368 e. The maximum Gasteiger partial charge on any atom is 0.132 e. The summed E-state index contributed by atoms with van der Waals surface area (Å²) in [5.41, 5.74) is 2.83. The average Bonchev–Trinajstić information content (AvgIpc) is 2.68. The third-order valence-corrected chi connectivity index (χ3v) is 4.59. The maximum absolute atomic E-state index is 6.01. The van der Waals surface area contributed by atoms with Gasteiger partial charge in [-0.15, -0.1) is 0 Å². The zero-order valence-electron chi connectivity index (χ0n) is 16.4. The number of nitrogens with one attached hydrogen (secondary N) is 1. The highest BCUT2D eigenvalue weighted by Gasteiger charge is 2.24. The predicted octanol–water partition coefficient (Wildman–Crippen LogP) is 3.51. The number of ether oxygens (including phenoxy) is 1. The Bertz CT molecular complexity index is 956. The van der Waals surface area contributed by atoms with Gasteiger partial charge in [-0.3, -0.25) is 0 Å². The van der Waals surface area contributed by atoms with Gasteiger partial charge in [-0.05, 0) is 45.0 Å². The van der Waals surface area contributed by atoms with Crippen LogP contribution in [0.5, 0.6) is 0 Å². The van der Waals surface area contributed by atoms with Crippen LogP contribution in [-0.2, 0) is 4.74 Å². The van der Waals surface area contributed by atoms with Crippen LogP contribution in [0.2, 0.25) is 0 Å². The van der Waals surface area contributed by atoms with Crippen LogP contribution >= 0.6 is 0 Å². The lowest BCUT2D eigenvalue weighted by Crippen LogP contribution is -2.39. The standard InChI is InChI=1S/C21H24N6O/c1-14-6-4-8-19(23-14)26-20-9-5-7-17(25-20)18-13-27(10-11-28-18)21-12-15(2)22-16(3)24-21/h4-9,12,18H,10-11,13H2,1-3H3,(H,23,25,26)/t18-/m1/s1. The van der Waals surface area contributed by atoms with Crippen LogP contribution in [0.4, 0.5) is 17.5 Å². The highest BCUT2D eigenvalue weighted by molar-refractivity contribution is 5.52. The molecule has 7 nitrogen and oxygen atoms in total. The molecular formula is C21H24N6O. The smallest absolute Gasteiger partial charge is 0.132 e. The highest BCUT2D eigenvalue weighted by atomic mass is 16.5. The molecule has 1 saturated heterocycles. The summed E-state index contributed by atoms with van der Waals surface area (Å²) in [6, 6.07) is 13.8. The van der Waals surface area contributed by atoms with Crippen molar-refractivity contribution in [3.63, 3.8) is 0 Å². The molecule has 0 saturated carbocycles. The molecule has 1 N–H and O–H groups in total. The Hall–Kier alpha value is -3.06. The number of pyridine rings is 2. The number of aromatic nitrogens is 4. The summed E-state index contributed by atoms with van der Waals surface area (Å²) in [5, 5.41) is 3.27. The van der Waals surface area contributed by atoms with E-state index in [1.807, 2.05) is 63.2 Å². The molecule has 0 unspecified atom stereocenters. The highest BCUT2D eigenvalue weighted by Crippen LogP contribution is 2.25. The van der Waals surface area contributed by atoms with Gasteiger partial charge in [-0.1, -0.05) is 12.1 Å². The second-order valence-electron chi connectivity index (χ2n) is 6.96. The molecule has 1 aliphatic heterocycles. The molecule has 1 aliphatic rings. The van der Waals surface area contributed by atoms with Crippen molar-refractivity contribution in [1.29, 1.82) is 0 Å². The van der Waals surface area contributed by atoms with Gasteiger partial charge in [-0.2, -0.15) is 0 Å². The minimum atomic E-state index is -0.114. The third kappa shape index (κ3) is 4.26. The van der Waals surface area contributed by atoms with E-state index in [9.17, 15) is 0 Å². The molecule has 0 spiro atoms. The van der Waals surface area contributed by atoms with Crippen LogP contribution in [0, 0.1) is 20.8 Å². The summed E-state index contributed by atoms with van der Waals surface area (Å²) in [4.78, 5) is 20.4. The monoisotopic (exact) mass is 376 g/mol. The minimum absolute atomic E-state index is 0.114. The van der Waals surface area contributed by atoms with E-state index < -0.39 is 0 Å². The fourth-order valence-corrected chi connectivity index (χ4v) is 3.34. The van der Waals surface area contributed by atoms with Gasteiger partial charge < -0.3 is 15.0 Å². The Morgan fingerprint density at radius 2 is 1.71 bits per heavy atom. The average molecular weight is 376 g/mol. The summed E-state index contributed by atoms with van der Waals surface area (Å²) in [6.45, 7) is 8.02. The molecule has 0 bridgehead atoms. The lowest BCUT2D eigenvalue weighted by atomic mass is 10.2. The lowest BCUT2D eigenvalue weighted by molar-refractivity contribution is 0.0368. The SMILES string of the molecule is Cc1cccc(Nc2cccc([C@H]3CN(c4cc(C)nc(C)n4)CCO3)n2)n1.